The molecule has 0 unspecified atom stereocenters. The van der Waals surface area contributed by atoms with E-state index in [0.717, 1.165) is 61.8 Å². The highest BCUT2D eigenvalue weighted by atomic mass is 15.1. The summed E-state index contributed by atoms with van der Waals surface area (Å²) in [4.78, 5) is 8.51. The number of aromatic amines is 1. The summed E-state index contributed by atoms with van der Waals surface area (Å²) in [6, 6.07) is 66.4. The van der Waals surface area contributed by atoms with Crippen LogP contribution in [0.15, 0.2) is 182 Å². The quantitative estimate of drug-likeness (QED) is 0.170. The maximum absolute atomic E-state index is 3.81. The molecule has 55 heavy (non-hydrogen) atoms. The molecule has 0 saturated heterocycles. The molecule has 0 spiro atoms. The Morgan fingerprint density at radius 2 is 0.764 bits per heavy atom. The van der Waals surface area contributed by atoms with Crippen molar-refractivity contribution in [2.24, 2.45) is 0 Å². The highest BCUT2D eigenvalue weighted by molar-refractivity contribution is 6.13. The topological polar surface area (TPSA) is 22.3 Å². The minimum Gasteiger partial charge on any atom is -0.354 e. The van der Waals surface area contributed by atoms with Gasteiger partial charge < -0.3 is 14.8 Å². The molecule has 3 heteroatoms. The van der Waals surface area contributed by atoms with Crippen molar-refractivity contribution in [3.63, 3.8) is 0 Å². The Morgan fingerprint density at radius 1 is 0.327 bits per heavy atom. The molecule has 3 nitrogen and oxygen atoms in total. The molecular formula is C52H43N3. The van der Waals surface area contributed by atoms with E-state index in [0.29, 0.717) is 0 Å². The van der Waals surface area contributed by atoms with Gasteiger partial charge in [-0.3, -0.25) is 0 Å². The first-order chi connectivity index (χ1) is 26.9. The number of hydrogen-bond acceptors (Lipinski definition) is 2. The Bertz CT molecular complexity index is 2680. The summed E-state index contributed by atoms with van der Waals surface area (Å²) in [6.45, 7) is 8.55. The molecule has 0 fully saturated rings. The highest BCUT2D eigenvalue weighted by Gasteiger charge is 2.18. The lowest BCUT2D eigenvalue weighted by molar-refractivity contribution is 1.27. The summed E-state index contributed by atoms with van der Waals surface area (Å²) in [5, 5.41) is 2.43. The second-order valence-electron chi connectivity index (χ2n) is 14.7. The number of fused-ring (bicyclic) bond motifs is 3. The number of H-pyrrole nitrogens is 1. The van der Waals surface area contributed by atoms with Crippen LogP contribution < -0.4 is 9.80 Å². The van der Waals surface area contributed by atoms with Gasteiger partial charge in [0, 0.05) is 56.0 Å². The third-order valence-electron chi connectivity index (χ3n) is 10.6. The van der Waals surface area contributed by atoms with Crippen LogP contribution in [0.25, 0.3) is 44.1 Å². The molecule has 8 aromatic carbocycles. The number of hydrogen-bond donors (Lipinski definition) is 1. The van der Waals surface area contributed by atoms with Gasteiger partial charge in [0.1, 0.15) is 0 Å². The Labute approximate surface area is 323 Å². The van der Waals surface area contributed by atoms with Gasteiger partial charge in [-0.25, -0.2) is 0 Å². The lowest BCUT2D eigenvalue weighted by atomic mass is 9.94. The number of aryl methyl sites for hydroxylation is 4. The molecule has 0 aliphatic heterocycles. The number of anilines is 6. The normalized spacial score (nSPS) is 11.3. The Hall–Kier alpha value is -6.84. The molecule has 0 amide bonds. The molecule has 0 saturated carbocycles. The number of rotatable bonds is 8. The largest absolute Gasteiger partial charge is 0.354 e. The summed E-state index contributed by atoms with van der Waals surface area (Å²) in [5.41, 5.74) is 18.6. The highest BCUT2D eigenvalue weighted by Crippen LogP contribution is 2.42. The fourth-order valence-electron chi connectivity index (χ4n) is 7.65. The van der Waals surface area contributed by atoms with Gasteiger partial charge in [-0.2, -0.15) is 0 Å². The summed E-state index contributed by atoms with van der Waals surface area (Å²) >= 11 is 0. The van der Waals surface area contributed by atoms with Crippen LogP contribution in [0.1, 0.15) is 22.3 Å². The Balaban J connectivity index is 1.21. The van der Waals surface area contributed by atoms with Crippen molar-refractivity contribution in [1.29, 1.82) is 0 Å². The first kappa shape index (κ1) is 34.0. The van der Waals surface area contributed by atoms with Crippen molar-refractivity contribution in [3.8, 4) is 22.3 Å². The van der Waals surface area contributed by atoms with Crippen LogP contribution in [0.3, 0.4) is 0 Å². The molecule has 1 heterocycles. The molecule has 0 aliphatic carbocycles. The number of nitrogens with one attached hydrogen (secondary N) is 1. The average Bonchev–Trinajstić information content (AvgIpc) is 3.60. The van der Waals surface area contributed by atoms with Crippen LogP contribution in [0.2, 0.25) is 0 Å². The van der Waals surface area contributed by atoms with Crippen molar-refractivity contribution < 1.29 is 0 Å². The summed E-state index contributed by atoms with van der Waals surface area (Å²) in [7, 11) is 0. The van der Waals surface area contributed by atoms with E-state index in [1.165, 1.54) is 38.6 Å². The van der Waals surface area contributed by atoms with Crippen LogP contribution in [0, 0.1) is 27.7 Å². The van der Waals surface area contributed by atoms with Gasteiger partial charge in [-0.05, 0) is 135 Å². The zero-order chi connectivity index (χ0) is 37.5. The van der Waals surface area contributed by atoms with Gasteiger partial charge in [0.25, 0.3) is 0 Å². The van der Waals surface area contributed by atoms with E-state index in [9.17, 15) is 0 Å². The van der Waals surface area contributed by atoms with Gasteiger partial charge in [0.05, 0.1) is 5.52 Å². The molecule has 9 aromatic rings. The second-order valence-corrected chi connectivity index (χ2v) is 14.7. The maximum Gasteiger partial charge on any atom is 0.0544 e. The van der Waals surface area contributed by atoms with Crippen LogP contribution in [-0.2, 0) is 0 Å². The predicted molar refractivity (Wildman–Crippen MR) is 235 cm³/mol. The second kappa shape index (κ2) is 14.2. The molecule has 0 atom stereocenters. The lowest BCUT2D eigenvalue weighted by Crippen LogP contribution is -2.10. The van der Waals surface area contributed by atoms with Crippen molar-refractivity contribution in [2.45, 2.75) is 27.7 Å². The molecule has 266 valence electrons. The van der Waals surface area contributed by atoms with Gasteiger partial charge in [0.15, 0.2) is 0 Å². The molecule has 0 aliphatic rings. The monoisotopic (exact) mass is 709 g/mol. The fourth-order valence-corrected chi connectivity index (χ4v) is 7.65. The van der Waals surface area contributed by atoms with E-state index in [1.807, 2.05) is 0 Å². The van der Waals surface area contributed by atoms with Crippen molar-refractivity contribution in [2.75, 3.05) is 9.80 Å². The molecule has 9 rings (SSSR count). The van der Waals surface area contributed by atoms with Gasteiger partial charge in [-0.15, -0.1) is 0 Å². The van der Waals surface area contributed by atoms with Crippen molar-refractivity contribution in [1.82, 2.24) is 4.98 Å². The van der Waals surface area contributed by atoms with E-state index >= 15 is 0 Å². The minimum atomic E-state index is 1.11. The SMILES string of the molecule is Cc1ccc(N(c2ccc(C)cc2)c2cccc(-c3cc(-c4cccc(N(c5ccc(C)cc5)c5ccc(C)cc5)c4)c4[nH]c5ccccc5c4c3)c2)cc1. The number of nitrogens with zero attached hydrogens (tertiary/aromatic N) is 2. The molecule has 1 N–H and O–H groups in total. The summed E-state index contributed by atoms with van der Waals surface area (Å²) < 4.78 is 0. The summed E-state index contributed by atoms with van der Waals surface area (Å²) in [6.07, 6.45) is 0. The Morgan fingerprint density at radius 3 is 1.25 bits per heavy atom. The molecular weight excluding hydrogens is 667 g/mol. The van der Waals surface area contributed by atoms with Crippen LogP contribution >= 0.6 is 0 Å². The van der Waals surface area contributed by atoms with E-state index < -0.39 is 0 Å². The average molecular weight is 710 g/mol. The van der Waals surface area contributed by atoms with Crippen LogP contribution in [-0.4, -0.2) is 4.98 Å². The van der Waals surface area contributed by atoms with Crippen LogP contribution in [0.5, 0.6) is 0 Å². The maximum atomic E-state index is 3.81. The predicted octanol–water partition coefficient (Wildman–Crippen LogP) is 14.8. The fraction of sp³-hybridized carbons (Fsp3) is 0.0769. The van der Waals surface area contributed by atoms with Gasteiger partial charge >= 0.3 is 0 Å². The third kappa shape index (κ3) is 6.66. The van der Waals surface area contributed by atoms with E-state index in [2.05, 4.69) is 224 Å². The molecule has 0 radical (unpaired) electrons. The van der Waals surface area contributed by atoms with E-state index in [-0.39, 0.29) is 0 Å². The summed E-state index contributed by atoms with van der Waals surface area (Å²) in [5.74, 6) is 0. The zero-order valence-corrected chi connectivity index (χ0v) is 31.7. The van der Waals surface area contributed by atoms with E-state index in [4.69, 9.17) is 0 Å². The number of para-hydroxylation sites is 1. The minimum absolute atomic E-state index is 1.11. The number of benzene rings is 8. The zero-order valence-electron chi connectivity index (χ0n) is 31.7. The first-order valence-corrected chi connectivity index (χ1v) is 19.0. The van der Waals surface area contributed by atoms with Gasteiger partial charge in [-0.1, -0.05) is 113 Å². The smallest absolute Gasteiger partial charge is 0.0544 e. The van der Waals surface area contributed by atoms with Gasteiger partial charge in [0.2, 0.25) is 0 Å². The standard InChI is InChI=1S/C52H43N3/c1-35-15-23-42(24-16-35)54(43-25-17-36(2)18-26-43)46-11-7-9-39(31-46)41-33-49(52-50(34-41)48-13-5-6-14-51(48)53-52)40-10-8-12-47(32-40)55(44-27-19-37(3)20-28-44)45-29-21-38(4)22-30-45/h5-34,53H,1-4H3. The van der Waals surface area contributed by atoms with Crippen LogP contribution in [0.4, 0.5) is 34.1 Å². The third-order valence-corrected chi connectivity index (χ3v) is 10.6. The number of aromatic nitrogens is 1. The molecule has 0 bridgehead atoms. The van der Waals surface area contributed by atoms with E-state index in [1.54, 1.807) is 0 Å². The molecule has 1 aromatic heterocycles. The van der Waals surface area contributed by atoms with Crippen molar-refractivity contribution >= 4 is 55.9 Å². The van der Waals surface area contributed by atoms with Crippen molar-refractivity contribution in [3.05, 3.63) is 204 Å². The Kier molecular flexibility index (Phi) is 8.76. The first-order valence-electron chi connectivity index (χ1n) is 19.0. The lowest BCUT2D eigenvalue weighted by Gasteiger charge is -2.26.